The highest BCUT2D eigenvalue weighted by Gasteiger charge is 2.16. The lowest BCUT2D eigenvalue weighted by Crippen LogP contribution is -2.00. The number of hydrogen-bond acceptors (Lipinski definition) is 4. The summed E-state index contributed by atoms with van der Waals surface area (Å²) in [5, 5.41) is 8.40. The van der Waals surface area contributed by atoms with Gasteiger partial charge in [0.1, 0.15) is 5.69 Å². The van der Waals surface area contributed by atoms with Gasteiger partial charge in [-0.25, -0.2) is 13.8 Å². The summed E-state index contributed by atoms with van der Waals surface area (Å²) in [6, 6.07) is 11.9. The van der Waals surface area contributed by atoms with Crippen LogP contribution in [-0.4, -0.2) is 16.2 Å². The van der Waals surface area contributed by atoms with E-state index in [1.165, 1.54) is 18.3 Å². The molecular weight excluding hydrogens is 310 g/mol. The van der Waals surface area contributed by atoms with E-state index in [2.05, 4.69) is 9.97 Å². The van der Waals surface area contributed by atoms with E-state index in [1.54, 1.807) is 18.3 Å². The molecule has 0 amide bonds. The maximum atomic E-state index is 13.1. The Hall–Kier alpha value is -3.15. The van der Waals surface area contributed by atoms with Crippen LogP contribution in [0, 0.1) is 5.41 Å². The van der Waals surface area contributed by atoms with Crippen molar-refractivity contribution in [2.24, 2.45) is 5.73 Å². The molecule has 6 heteroatoms. The van der Waals surface area contributed by atoms with Crippen molar-refractivity contribution in [2.75, 3.05) is 0 Å². The summed E-state index contributed by atoms with van der Waals surface area (Å²) in [6.07, 6.45) is 1.32. The first-order valence-electron chi connectivity index (χ1n) is 7.21. The van der Waals surface area contributed by atoms with Gasteiger partial charge in [0.15, 0.2) is 0 Å². The number of pyridine rings is 2. The molecule has 0 aliphatic heterocycles. The van der Waals surface area contributed by atoms with E-state index in [0.717, 1.165) is 17.1 Å². The van der Waals surface area contributed by atoms with Gasteiger partial charge in [0.05, 0.1) is 11.2 Å². The second-order valence-electron chi connectivity index (χ2n) is 5.11. The highest BCUT2D eigenvalue weighted by Crippen LogP contribution is 2.30. The fourth-order valence-corrected chi connectivity index (χ4v) is 2.48. The van der Waals surface area contributed by atoms with Gasteiger partial charge in [0.25, 0.3) is 6.43 Å². The Morgan fingerprint density at radius 2 is 2.00 bits per heavy atom. The van der Waals surface area contributed by atoms with Crippen molar-refractivity contribution in [2.45, 2.75) is 6.43 Å². The molecule has 0 saturated carbocycles. The molecule has 1 aromatic carbocycles. The topological polar surface area (TPSA) is 75.7 Å². The molecule has 120 valence electrons. The molecule has 3 aromatic rings. The molecule has 0 spiro atoms. The SMILES string of the molecule is N=C/C(=C\N)c1ccc(C(F)F)nc1-c1ccc2cccnc2c1. The molecule has 3 rings (SSSR count). The van der Waals surface area contributed by atoms with Gasteiger partial charge >= 0.3 is 0 Å². The molecule has 0 saturated heterocycles. The van der Waals surface area contributed by atoms with Crippen LogP contribution in [0.4, 0.5) is 8.78 Å². The van der Waals surface area contributed by atoms with Gasteiger partial charge in [0.2, 0.25) is 0 Å². The van der Waals surface area contributed by atoms with E-state index >= 15 is 0 Å². The van der Waals surface area contributed by atoms with E-state index in [0.29, 0.717) is 22.4 Å². The second-order valence-corrected chi connectivity index (χ2v) is 5.11. The van der Waals surface area contributed by atoms with Gasteiger partial charge in [-0.3, -0.25) is 4.98 Å². The third-order valence-corrected chi connectivity index (χ3v) is 3.67. The van der Waals surface area contributed by atoms with Crippen LogP contribution in [0.15, 0.2) is 54.9 Å². The number of aromatic nitrogens is 2. The molecule has 24 heavy (non-hydrogen) atoms. The summed E-state index contributed by atoms with van der Waals surface area (Å²) in [7, 11) is 0. The van der Waals surface area contributed by atoms with E-state index in [4.69, 9.17) is 11.1 Å². The molecule has 0 unspecified atom stereocenters. The van der Waals surface area contributed by atoms with Crippen LogP contribution in [0.3, 0.4) is 0 Å². The lowest BCUT2D eigenvalue weighted by molar-refractivity contribution is 0.146. The van der Waals surface area contributed by atoms with Gasteiger partial charge < -0.3 is 11.1 Å². The van der Waals surface area contributed by atoms with Crippen LogP contribution in [0.5, 0.6) is 0 Å². The predicted molar refractivity (Wildman–Crippen MR) is 90.9 cm³/mol. The Bertz CT molecular complexity index is 935. The van der Waals surface area contributed by atoms with E-state index in [9.17, 15) is 8.78 Å². The monoisotopic (exact) mass is 324 g/mol. The van der Waals surface area contributed by atoms with Crippen molar-refractivity contribution in [3.63, 3.8) is 0 Å². The van der Waals surface area contributed by atoms with Crippen LogP contribution in [0.1, 0.15) is 17.7 Å². The van der Waals surface area contributed by atoms with Gasteiger partial charge in [-0.1, -0.05) is 24.3 Å². The predicted octanol–water partition coefficient (Wildman–Crippen LogP) is 4.18. The Balaban J connectivity index is 2.25. The average molecular weight is 324 g/mol. The average Bonchev–Trinajstić information content (AvgIpc) is 2.62. The zero-order chi connectivity index (χ0) is 17.1. The van der Waals surface area contributed by atoms with Crippen molar-refractivity contribution in [1.82, 2.24) is 9.97 Å². The number of allylic oxidation sites excluding steroid dienone is 1. The fraction of sp³-hybridized carbons (Fsp3) is 0.0556. The summed E-state index contributed by atoms with van der Waals surface area (Å²) in [5.74, 6) is 0. The van der Waals surface area contributed by atoms with E-state index in [-0.39, 0.29) is 5.69 Å². The number of nitrogens with one attached hydrogen (secondary N) is 1. The summed E-state index contributed by atoms with van der Waals surface area (Å²) in [5.41, 5.74) is 7.87. The maximum Gasteiger partial charge on any atom is 0.280 e. The first-order valence-corrected chi connectivity index (χ1v) is 7.21. The van der Waals surface area contributed by atoms with Gasteiger partial charge in [-0.05, 0) is 18.2 Å². The van der Waals surface area contributed by atoms with Crippen LogP contribution in [-0.2, 0) is 0 Å². The molecule has 3 N–H and O–H groups in total. The maximum absolute atomic E-state index is 13.1. The molecule has 2 aromatic heterocycles. The third kappa shape index (κ3) is 2.86. The number of nitrogens with zero attached hydrogens (tertiary/aromatic N) is 2. The summed E-state index contributed by atoms with van der Waals surface area (Å²) >= 11 is 0. The van der Waals surface area contributed by atoms with Crippen molar-refractivity contribution in [3.8, 4) is 11.3 Å². The minimum atomic E-state index is -2.68. The number of nitrogens with two attached hydrogens (primary N) is 1. The lowest BCUT2D eigenvalue weighted by Gasteiger charge is -2.12. The molecule has 0 bridgehead atoms. The summed E-state index contributed by atoms with van der Waals surface area (Å²) in [6.45, 7) is 0. The quantitative estimate of drug-likeness (QED) is 0.707. The summed E-state index contributed by atoms with van der Waals surface area (Å²) in [4.78, 5) is 8.37. The Morgan fingerprint density at radius 1 is 1.17 bits per heavy atom. The van der Waals surface area contributed by atoms with Crippen molar-refractivity contribution >= 4 is 22.7 Å². The first-order chi connectivity index (χ1) is 11.6. The number of benzene rings is 1. The normalized spacial score (nSPS) is 11.9. The molecule has 4 nitrogen and oxygen atoms in total. The van der Waals surface area contributed by atoms with Crippen molar-refractivity contribution < 1.29 is 8.78 Å². The molecule has 0 atom stereocenters. The molecule has 0 aliphatic carbocycles. The van der Waals surface area contributed by atoms with Gasteiger partial charge in [0, 0.05) is 40.7 Å². The number of alkyl halides is 2. The smallest absolute Gasteiger partial charge is 0.280 e. The van der Waals surface area contributed by atoms with Crippen LogP contribution >= 0.6 is 0 Å². The van der Waals surface area contributed by atoms with E-state index < -0.39 is 6.43 Å². The fourth-order valence-electron chi connectivity index (χ4n) is 2.48. The second kappa shape index (κ2) is 6.54. The van der Waals surface area contributed by atoms with Crippen LogP contribution < -0.4 is 5.73 Å². The van der Waals surface area contributed by atoms with Gasteiger partial charge in [-0.15, -0.1) is 0 Å². The number of hydrogen-bond donors (Lipinski definition) is 2. The standard InChI is InChI=1S/C18H14F2N4/c19-18(20)15-6-5-14(13(9-21)10-22)17(24-15)12-4-3-11-2-1-7-23-16(11)8-12/h1-10,18,21H,22H2/b13-10+,21-9?. The van der Waals surface area contributed by atoms with Crippen molar-refractivity contribution in [1.29, 1.82) is 5.41 Å². The highest BCUT2D eigenvalue weighted by molar-refractivity contribution is 6.10. The molecule has 0 aliphatic rings. The Morgan fingerprint density at radius 3 is 2.71 bits per heavy atom. The molecule has 2 heterocycles. The lowest BCUT2D eigenvalue weighted by atomic mass is 9.99. The summed E-state index contributed by atoms with van der Waals surface area (Å²) < 4.78 is 26.1. The minimum Gasteiger partial charge on any atom is -0.404 e. The first kappa shape index (κ1) is 15.7. The zero-order valence-corrected chi connectivity index (χ0v) is 12.6. The highest BCUT2D eigenvalue weighted by atomic mass is 19.3. The largest absolute Gasteiger partial charge is 0.404 e. The van der Waals surface area contributed by atoms with Gasteiger partial charge in [-0.2, -0.15) is 0 Å². The number of halogens is 2. The van der Waals surface area contributed by atoms with Crippen LogP contribution in [0.2, 0.25) is 0 Å². The molecule has 0 radical (unpaired) electrons. The Labute approximate surface area is 137 Å². The minimum absolute atomic E-state index is 0.323. The molecular formula is C18H14F2N4. The van der Waals surface area contributed by atoms with Crippen molar-refractivity contribution in [3.05, 3.63) is 66.1 Å². The van der Waals surface area contributed by atoms with Crippen LogP contribution in [0.25, 0.3) is 27.7 Å². The zero-order valence-electron chi connectivity index (χ0n) is 12.6. The third-order valence-electron chi connectivity index (χ3n) is 3.67. The number of fused-ring (bicyclic) bond motifs is 1. The Kier molecular flexibility index (Phi) is 4.29. The van der Waals surface area contributed by atoms with E-state index in [1.807, 2.05) is 18.2 Å². The molecule has 0 fully saturated rings. The number of rotatable bonds is 4.